The van der Waals surface area contributed by atoms with Crippen molar-refractivity contribution in [2.45, 2.75) is 44.0 Å². The number of sulfonamides is 1. The lowest BCUT2D eigenvalue weighted by Crippen LogP contribution is -2.41. The van der Waals surface area contributed by atoms with E-state index in [-0.39, 0.29) is 17.0 Å². The van der Waals surface area contributed by atoms with E-state index in [2.05, 4.69) is 4.72 Å². The number of aromatic carboxylic acids is 1. The Morgan fingerprint density at radius 3 is 2.62 bits per heavy atom. The fourth-order valence-electron chi connectivity index (χ4n) is 2.64. The third kappa shape index (κ3) is 3.24. The molecule has 0 aromatic heterocycles. The van der Waals surface area contributed by atoms with Crippen LogP contribution in [0.4, 0.5) is 4.39 Å². The molecule has 0 heterocycles. The van der Waals surface area contributed by atoms with Gasteiger partial charge in [0.1, 0.15) is 10.7 Å². The molecule has 2 N–H and O–H groups in total. The van der Waals surface area contributed by atoms with Crippen molar-refractivity contribution in [3.8, 4) is 0 Å². The van der Waals surface area contributed by atoms with Gasteiger partial charge < -0.3 is 5.11 Å². The second-order valence-corrected chi connectivity index (χ2v) is 7.69. The average Bonchev–Trinajstić information content (AvgIpc) is 2.68. The van der Waals surface area contributed by atoms with Crippen LogP contribution in [0.1, 0.15) is 43.5 Å². The number of nitrogens with one attached hydrogen (secondary N) is 1. The summed E-state index contributed by atoms with van der Waals surface area (Å²) in [6.07, 6.45) is 2.47. The van der Waals surface area contributed by atoms with Gasteiger partial charge in [0.05, 0.1) is 5.56 Å². The molecule has 0 radical (unpaired) electrons. The van der Waals surface area contributed by atoms with Crippen LogP contribution in [0.15, 0.2) is 23.1 Å². The molecule has 1 aliphatic carbocycles. The highest BCUT2D eigenvalue weighted by Gasteiger charge is 2.37. The van der Waals surface area contributed by atoms with Gasteiger partial charge in [0.25, 0.3) is 0 Å². The molecule has 0 amide bonds. The highest BCUT2D eigenvalue weighted by molar-refractivity contribution is 7.89. The van der Waals surface area contributed by atoms with E-state index in [4.69, 9.17) is 5.11 Å². The summed E-state index contributed by atoms with van der Waals surface area (Å²) >= 11 is 0. The molecule has 1 aliphatic rings. The van der Waals surface area contributed by atoms with E-state index in [1.807, 2.05) is 13.8 Å². The van der Waals surface area contributed by atoms with E-state index in [9.17, 15) is 17.6 Å². The SMILES string of the molecule is CC1(C)CCCC1NS(=O)(=O)c1cc(C(=O)O)ccc1F. The van der Waals surface area contributed by atoms with Crippen LogP contribution in [-0.4, -0.2) is 25.5 Å². The van der Waals surface area contributed by atoms with Crippen molar-refractivity contribution in [3.63, 3.8) is 0 Å². The van der Waals surface area contributed by atoms with E-state index in [1.165, 1.54) is 0 Å². The van der Waals surface area contributed by atoms with Crippen LogP contribution in [0, 0.1) is 11.2 Å². The van der Waals surface area contributed by atoms with Crippen molar-refractivity contribution in [1.82, 2.24) is 4.72 Å². The summed E-state index contributed by atoms with van der Waals surface area (Å²) in [7, 11) is -4.09. The first-order valence-electron chi connectivity index (χ1n) is 6.69. The molecule has 1 fully saturated rings. The standard InChI is InChI=1S/C14H18FNO4S/c1-14(2)7-3-4-12(14)16-21(19,20)11-8-9(13(17)18)5-6-10(11)15/h5-6,8,12,16H,3-4,7H2,1-2H3,(H,17,18). The van der Waals surface area contributed by atoms with E-state index in [0.29, 0.717) is 6.42 Å². The van der Waals surface area contributed by atoms with Crippen LogP contribution < -0.4 is 4.72 Å². The molecule has 2 rings (SSSR count). The van der Waals surface area contributed by atoms with Gasteiger partial charge in [-0.3, -0.25) is 0 Å². The molecular weight excluding hydrogens is 297 g/mol. The van der Waals surface area contributed by atoms with Crippen molar-refractivity contribution in [3.05, 3.63) is 29.6 Å². The molecule has 116 valence electrons. The zero-order valence-electron chi connectivity index (χ0n) is 11.9. The molecule has 5 nitrogen and oxygen atoms in total. The lowest BCUT2D eigenvalue weighted by Gasteiger charge is -2.27. The quantitative estimate of drug-likeness (QED) is 0.893. The van der Waals surface area contributed by atoms with Gasteiger partial charge in [-0.15, -0.1) is 0 Å². The van der Waals surface area contributed by atoms with Crippen molar-refractivity contribution in [2.24, 2.45) is 5.41 Å². The molecular formula is C14H18FNO4S. The maximum atomic E-state index is 13.8. The minimum absolute atomic E-state index is 0.200. The molecule has 0 spiro atoms. The topological polar surface area (TPSA) is 83.5 Å². The smallest absolute Gasteiger partial charge is 0.335 e. The van der Waals surface area contributed by atoms with Crippen molar-refractivity contribution in [2.75, 3.05) is 0 Å². The Morgan fingerprint density at radius 1 is 1.43 bits per heavy atom. The van der Waals surface area contributed by atoms with Gasteiger partial charge in [-0.25, -0.2) is 22.3 Å². The Hall–Kier alpha value is -1.47. The van der Waals surface area contributed by atoms with Gasteiger partial charge in [-0.05, 0) is 36.5 Å². The molecule has 7 heteroatoms. The highest BCUT2D eigenvalue weighted by atomic mass is 32.2. The third-order valence-corrected chi connectivity index (χ3v) is 5.51. The average molecular weight is 315 g/mol. The predicted octanol–water partition coefficient (Wildman–Crippen LogP) is 2.38. The second-order valence-electron chi connectivity index (χ2n) is 6.01. The summed E-state index contributed by atoms with van der Waals surface area (Å²) in [5, 5.41) is 8.90. The minimum atomic E-state index is -4.09. The Bertz CT molecular complexity index is 670. The summed E-state index contributed by atoms with van der Waals surface area (Å²) in [5.74, 6) is -2.25. The normalized spacial score (nSPS) is 21.4. The number of carboxylic acid groups (broad SMARTS) is 1. The third-order valence-electron chi connectivity index (χ3n) is 4.02. The summed E-state index contributed by atoms with van der Waals surface area (Å²) in [4.78, 5) is 10.3. The first-order valence-corrected chi connectivity index (χ1v) is 8.17. The molecule has 1 saturated carbocycles. The van der Waals surface area contributed by atoms with Crippen LogP contribution in [0.5, 0.6) is 0 Å². The first-order chi connectivity index (χ1) is 9.63. The number of hydrogen-bond donors (Lipinski definition) is 2. The lowest BCUT2D eigenvalue weighted by atomic mass is 9.88. The number of carbonyl (C=O) groups is 1. The zero-order valence-corrected chi connectivity index (χ0v) is 12.7. The predicted molar refractivity (Wildman–Crippen MR) is 75.1 cm³/mol. The van der Waals surface area contributed by atoms with Gasteiger partial charge in [0, 0.05) is 6.04 Å². The molecule has 21 heavy (non-hydrogen) atoms. The minimum Gasteiger partial charge on any atom is -0.478 e. The molecule has 0 aliphatic heterocycles. The Morgan fingerprint density at radius 2 is 2.10 bits per heavy atom. The Balaban J connectivity index is 2.36. The summed E-state index contributed by atoms with van der Waals surface area (Å²) in [5.41, 5.74) is -0.462. The van der Waals surface area contributed by atoms with Crippen molar-refractivity contribution in [1.29, 1.82) is 0 Å². The Kier molecular flexibility index (Phi) is 4.08. The molecule has 1 aromatic rings. The van der Waals surface area contributed by atoms with Crippen molar-refractivity contribution < 1.29 is 22.7 Å². The van der Waals surface area contributed by atoms with Gasteiger partial charge in [0.15, 0.2) is 0 Å². The molecule has 1 atom stereocenters. The number of benzene rings is 1. The molecule has 0 saturated heterocycles. The fraction of sp³-hybridized carbons (Fsp3) is 0.500. The monoisotopic (exact) mass is 315 g/mol. The van der Waals surface area contributed by atoms with Crippen LogP contribution in [0.25, 0.3) is 0 Å². The summed E-state index contributed by atoms with van der Waals surface area (Å²) < 4.78 is 40.9. The summed E-state index contributed by atoms with van der Waals surface area (Å²) in [6.45, 7) is 3.91. The zero-order chi connectivity index (χ0) is 15.8. The number of halogens is 1. The fourth-order valence-corrected chi connectivity index (χ4v) is 4.18. The van der Waals surface area contributed by atoms with E-state index >= 15 is 0 Å². The molecule has 1 aromatic carbocycles. The van der Waals surface area contributed by atoms with Gasteiger partial charge in [0.2, 0.25) is 10.0 Å². The number of carboxylic acids is 1. The van der Waals surface area contributed by atoms with Crippen LogP contribution in [0.2, 0.25) is 0 Å². The Labute approximate surface area is 123 Å². The van der Waals surface area contributed by atoms with Crippen molar-refractivity contribution >= 4 is 16.0 Å². The van der Waals surface area contributed by atoms with E-state index < -0.39 is 26.7 Å². The maximum absolute atomic E-state index is 13.8. The van der Waals surface area contributed by atoms with Gasteiger partial charge >= 0.3 is 5.97 Å². The largest absolute Gasteiger partial charge is 0.478 e. The second kappa shape index (κ2) is 5.38. The van der Waals surface area contributed by atoms with Crippen LogP contribution in [0.3, 0.4) is 0 Å². The van der Waals surface area contributed by atoms with E-state index in [1.54, 1.807) is 0 Å². The number of rotatable bonds is 4. The van der Waals surface area contributed by atoms with Crippen LogP contribution >= 0.6 is 0 Å². The first kappa shape index (κ1) is 15.9. The summed E-state index contributed by atoms with van der Waals surface area (Å²) in [6, 6.07) is 2.46. The van der Waals surface area contributed by atoms with E-state index in [0.717, 1.165) is 31.0 Å². The molecule has 0 bridgehead atoms. The van der Waals surface area contributed by atoms with Gasteiger partial charge in [-0.1, -0.05) is 20.3 Å². The molecule has 1 unspecified atom stereocenters. The number of hydrogen-bond acceptors (Lipinski definition) is 3. The highest BCUT2D eigenvalue weighted by Crippen LogP contribution is 2.38. The maximum Gasteiger partial charge on any atom is 0.335 e. The lowest BCUT2D eigenvalue weighted by molar-refractivity contribution is 0.0696. The van der Waals surface area contributed by atoms with Gasteiger partial charge in [-0.2, -0.15) is 0 Å². The van der Waals surface area contributed by atoms with Crippen LogP contribution in [-0.2, 0) is 10.0 Å².